The average Bonchev–Trinajstić information content (AvgIpc) is 3.30. The zero-order valence-corrected chi connectivity index (χ0v) is 16.9. The molecular weight excluding hydrogens is 372 g/mol. The largest absolute Gasteiger partial charge is 0.453 e. The van der Waals surface area contributed by atoms with E-state index in [0.29, 0.717) is 16.9 Å². The predicted octanol–water partition coefficient (Wildman–Crippen LogP) is 6.30. The van der Waals surface area contributed by atoms with Crippen molar-refractivity contribution in [2.24, 2.45) is 7.05 Å². The highest BCUT2D eigenvalue weighted by Crippen LogP contribution is 2.39. The molecule has 0 saturated heterocycles. The predicted molar refractivity (Wildman–Crippen MR) is 120 cm³/mol. The van der Waals surface area contributed by atoms with Crippen molar-refractivity contribution in [2.75, 3.05) is 0 Å². The van der Waals surface area contributed by atoms with E-state index in [1.807, 2.05) is 74.0 Å². The van der Waals surface area contributed by atoms with Gasteiger partial charge < -0.3 is 8.83 Å². The summed E-state index contributed by atoms with van der Waals surface area (Å²) in [5.74, 6) is 0. The molecule has 4 nitrogen and oxygen atoms in total. The van der Waals surface area contributed by atoms with Gasteiger partial charge in [0.15, 0.2) is 17.4 Å². The summed E-state index contributed by atoms with van der Waals surface area (Å²) < 4.78 is 37.7. The number of rotatable bonds is 1. The molecule has 4 aromatic heterocycles. The van der Waals surface area contributed by atoms with Gasteiger partial charge in [-0.15, -0.1) is 0 Å². The molecule has 0 radical (unpaired) electrons. The normalized spacial score (nSPS) is 13.9. The second kappa shape index (κ2) is 5.92. The van der Waals surface area contributed by atoms with Crippen molar-refractivity contribution in [2.45, 2.75) is 20.7 Å². The van der Waals surface area contributed by atoms with E-state index in [1.54, 1.807) is 6.20 Å². The van der Waals surface area contributed by atoms with Crippen LogP contribution in [0.25, 0.3) is 55.4 Å². The Bertz CT molecular complexity index is 1740. The number of pyridine rings is 2. The van der Waals surface area contributed by atoms with Gasteiger partial charge >= 0.3 is 0 Å². The molecule has 6 rings (SSSR count). The number of aromatic nitrogens is 2. The van der Waals surface area contributed by atoms with Crippen LogP contribution < -0.4 is 4.57 Å². The third-order valence-corrected chi connectivity index (χ3v) is 5.91. The Morgan fingerprint density at radius 1 is 0.867 bits per heavy atom. The molecular formula is C26H21N2O2+. The van der Waals surface area contributed by atoms with Gasteiger partial charge in [-0.1, -0.05) is 24.3 Å². The maximum atomic E-state index is 7.83. The van der Waals surface area contributed by atoms with Crippen LogP contribution in [-0.2, 0) is 7.05 Å². The lowest BCUT2D eigenvalue weighted by Gasteiger charge is -2.07. The molecule has 0 amide bonds. The summed E-state index contributed by atoms with van der Waals surface area (Å²) in [6.45, 7) is 1.70. The van der Waals surface area contributed by atoms with E-state index in [1.165, 1.54) is 0 Å². The minimum Gasteiger partial charge on any atom is -0.453 e. The number of hydrogen-bond acceptors (Lipinski definition) is 3. The van der Waals surface area contributed by atoms with E-state index in [9.17, 15) is 0 Å². The van der Waals surface area contributed by atoms with Gasteiger partial charge in [-0.25, -0.2) is 9.55 Å². The quantitative estimate of drug-likeness (QED) is 0.306. The van der Waals surface area contributed by atoms with Gasteiger partial charge in [0, 0.05) is 26.5 Å². The third kappa shape index (κ3) is 2.28. The minimum atomic E-state index is -2.17. The van der Waals surface area contributed by atoms with Crippen molar-refractivity contribution in [1.82, 2.24) is 4.98 Å². The molecule has 0 aliphatic carbocycles. The second-order valence-electron chi connectivity index (χ2n) is 7.89. The molecule has 0 spiro atoms. The Hall–Kier alpha value is -3.66. The molecule has 30 heavy (non-hydrogen) atoms. The fraction of sp³-hybridized carbons (Fsp3) is 0.154. The van der Waals surface area contributed by atoms with E-state index < -0.39 is 6.85 Å². The van der Waals surface area contributed by atoms with E-state index >= 15 is 0 Å². The first kappa shape index (κ1) is 14.3. The summed E-state index contributed by atoms with van der Waals surface area (Å²) in [6, 6.07) is 15.8. The number of nitrogens with zero attached hydrogens (tertiary/aromatic N) is 2. The standard InChI is InChI=1S/C26H21N2O2/c1-14-9-10-18-24-22(12-19-17-7-5-6-8-21(17)30-26(19)27-24)29-25(18)23(14)20-11-15(2)16(3)13-28(20)4/h5-13H,1-4H3/q+1/i3D3. The molecule has 0 saturated carbocycles. The lowest BCUT2D eigenvalue weighted by Crippen LogP contribution is -2.31. The first-order valence-corrected chi connectivity index (χ1v) is 9.87. The fourth-order valence-electron chi connectivity index (χ4n) is 4.30. The summed E-state index contributed by atoms with van der Waals surface area (Å²) in [4.78, 5) is 4.81. The second-order valence-corrected chi connectivity index (χ2v) is 7.89. The highest BCUT2D eigenvalue weighted by molar-refractivity contribution is 6.13. The van der Waals surface area contributed by atoms with Crippen molar-refractivity contribution in [1.29, 1.82) is 0 Å². The Balaban J connectivity index is 1.66. The molecule has 2 aromatic carbocycles. The number of hydrogen-bond donors (Lipinski definition) is 0. The lowest BCUT2D eigenvalue weighted by molar-refractivity contribution is -0.660. The summed E-state index contributed by atoms with van der Waals surface area (Å²) in [5.41, 5.74) is 7.45. The number of para-hydroxylation sites is 1. The highest BCUT2D eigenvalue weighted by atomic mass is 16.3. The maximum absolute atomic E-state index is 7.83. The molecule has 0 unspecified atom stereocenters. The van der Waals surface area contributed by atoms with Crippen LogP contribution in [0.5, 0.6) is 0 Å². The van der Waals surface area contributed by atoms with E-state index in [-0.39, 0.29) is 0 Å². The van der Waals surface area contributed by atoms with Crippen LogP contribution >= 0.6 is 0 Å². The number of fused-ring (bicyclic) bond motifs is 6. The maximum Gasteiger partial charge on any atom is 0.228 e. The van der Waals surface area contributed by atoms with Gasteiger partial charge in [-0.3, -0.25) is 0 Å². The molecule has 0 fully saturated rings. The zero-order valence-electron chi connectivity index (χ0n) is 19.9. The summed E-state index contributed by atoms with van der Waals surface area (Å²) >= 11 is 0. The number of furan rings is 2. The Morgan fingerprint density at radius 3 is 2.60 bits per heavy atom. The Labute approximate surface area is 177 Å². The summed E-state index contributed by atoms with van der Waals surface area (Å²) in [7, 11) is 1.86. The molecule has 0 aliphatic heterocycles. The van der Waals surface area contributed by atoms with Crippen LogP contribution in [0.4, 0.5) is 0 Å². The van der Waals surface area contributed by atoms with Crippen molar-refractivity contribution >= 4 is 44.1 Å². The van der Waals surface area contributed by atoms with Crippen LogP contribution in [0.1, 0.15) is 20.8 Å². The SMILES string of the molecule is [2H]C([2H])([2H])c1c[n+](C)c(-c2c(C)ccc3c2oc2cc4c(nc23)oc2ccccc24)cc1C. The van der Waals surface area contributed by atoms with Crippen molar-refractivity contribution in [3.63, 3.8) is 0 Å². The van der Waals surface area contributed by atoms with Gasteiger partial charge in [-0.05, 0) is 50.0 Å². The van der Waals surface area contributed by atoms with Gasteiger partial charge in [0.1, 0.15) is 18.1 Å². The van der Waals surface area contributed by atoms with Crippen molar-refractivity contribution < 1.29 is 17.5 Å². The topological polar surface area (TPSA) is 43.0 Å². The highest BCUT2D eigenvalue weighted by Gasteiger charge is 2.23. The number of aryl methyl sites for hydroxylation is 4. The Morgan fingerprint density at radius 2 is 1.73 bits per heavy atom. The zero-order chi connectivity index (χ0) is 23.1. The van der Waals surface area contributed by atoms with Crippen LogP contribution in [0.3, 0.4) is 0 Å². The fourth-order valence-corrected chi connectivity index (χ4v) is 4.30. The van der Waals surface area contributed by atoms with Crippen LogP contribution in [0, 0.1) is 20.7 Å². The van der Waals surface area contributed by atoms with Crippen LogP contribution in [-0.4, -0.2) is 4.98 Å². The molecule has 0 N–H and O–H groups in total. The van der Waals surface area contributed by atoms with Crippen LogP contribution in [0.2, 0.25) is 0 Å². The average molecular weight is 396 g/mol. The van der Waals surface area contributed by atoms with E-state index in [4.69, 9.17) is 17.9 Å². The number of benzene rings is 2. The van der Waals surface area contributed by atoms with Gasteiger partial charge in [0.25, 0.3) is 0 Å². The van der Waals surface area contributed by atoms with E-state index in [0.717, 1.165) is 55.2 Å². The molecule has 0 aliphatic rings. The Kier molecular flexibility index (Phi) is 2.83. The smallest absolute Gasteiger partial charge is 0.228 e. The first-order valence-electron chi connectivity index (χ1n) is 11.4. The molecule has 0 bridgehead atoms. The monoisotopic (exact) mass is 396 g/mol. The van der Waals surface area contributed by atoms with E-state index in [2.05, 4.69) is 0 Å². The van der Waals surface area contributed by atoms with Gasteiger partial charge in [0.2, 0.25) is 11.4 Å². The third-order valence-electron chi connectivity index (χ3n) is 5.91. The lowest BCUT2D eigenvalue weighted by atomic mass is 9.99. The van der Waals surface area contributed by atoms with Gasteiger partial charge in [-0.2, -0.15) is 0 Å². The van der Waals surface area contributed by atoms with Gasteiger partial charge in [0.05, 0.1) is 10.9 Å². The van der Waals surface area contributed by atoms with Crippen LogP contribution in [0.15, 0.2) is 63.6 Å². The molecule has 6 aromatic rings. The molecule has 0 atom stereocenters. The molecule has 4 heterocycles. The molecule has 146 valence electrons. The molecule has 4 heteroatoms. The minimum absolute atomic E-state index is 0.345. The summed E-state index contributed by atoms with van der Waals surface area (Å²) in [5, 5.41) is 2.81. The van der Waals surface area contributed by atoms with Crippen molar-refractivity contribution in [3.05, 3.63) is 71.4 Å². The summed E-state index contributed by atoms with van der Waals surface area (Å²) in [6.07, 6.45) is 1.69. The first-order chi connectivity index (χ1) is 15.7. The van der Waals surface area contributed by atoms with Crippen molar-refractivity contribution in [3.8, 4) is 11.3 Å².